The smallest absolute Gasteiger partial charge is 0.225 e. The van der Waals surface area contributed by atoms with Gasteiger partial charge >= 0.3 is 0 Å². The predicted octanol–water partition coefficient (Wildman–Crippen LogP) is 1.96. The number of rotatable bonds is 4. The topological polar surface area (TPSA) is 36.9 Å². The summed E-state index contributed by atoms with van der Waals surface area (Å²) >= 11 is 0. The Labute approximate surface area is 102 Å². The molecule has 0 radical (unpaired) electrons. The molecule has 92 valence electrons. The van der Waals surface area contributed by atoms with Crippen molar-refractivity contribution in [3.05, 3.63) is 35.9 Å². The molecule has 0 bridgehead atoms. The van der Waals surface area contributed by atoms with E-state index < -0.39 is 0 Å². The van der Waals surface area contributed by atoms with Gasteiger partial charge in [0.25, 0.3) is 0 Å². The first-order valence-electron chi connectivity index (χ1n) is 5.91. The molecule has 1 aromatic carbocycles. The molecule has 1 N–H and O–H groups in total. The molecule has 17 heavy (non-hydrogen) atoms. The van der Waals surface area contributed by atoms with Crippen LogP contribution in [0, 0.1) is 0 Å². The molecular weight excluding hydrogens is 214 g/mol. The molecule has 1 aromatic rings. The van der Waals surface area contributed by atoms with Crippen LogP contribution in [-0.2, 0) is 4.84 Å². The second-order valence-corrected chi connectivity index (χ2v) is 4.56. The van der Waals surface area contributed by atoms with Gasteiger partial charge in [-0.2, -0.15) is 0 Å². The fourth-order valence-electron chi connectivity index (χ4n) is 1.57. The number of nitrogens with zero attached hydrogens (tertiary/aromatic N) is 2. The van der Waals surface area contributed by atoms with Crippen LogP contribution >= 0.6 is 0 Å². The average molecular weight is 233 g/mol. The Morgan fingerprint density at radius 3 is 2.71 bits per heavy atom. The van der Waals surface area contributed by atoms with Crippen LogP contribution in [0.3, 0.4) is 0 Å². The Morgan fingerprint density at radius 2 is 2.06 bits per heavy atom. The van der Waals surface area contributed by atoms with Crippen LogP contribution in [0.25, 0.3) is 0 Å². The van der Waals surface area contributed by atoms with Gasteiger partial charge in [0.15, 0.2) is 6.17 Å². The van der Waals surface area contributed by atoms with Crippen molar-refractivity contribution in [2.24, 2.45) is 4.99 Å². The molecule has 0 saturated heterocycles. The second-order valence-electron chi connectivity index (χ2n) is 4.56. The summed E-state index contributed by atoms with van der Waals surface area (Å²) < 4.78 is 0. The molecule has 0 aromatic heterocycles. The van der Waals surface area contributed by atoms with Crippen LogP contribution in [0.4, 0.5) is 0 Å². The molecular formula is C13H19N3O. The number of hydroxylamine groups is 1. The van der Waals surface area contributed by atoms with Crippen molar-refractivity contribution >= 4 is 5.90 Å². The summed E-state index contributed by atoms with van der Waals surface area (Å²) in [5.41, 5.74) is 4.06. The minimum absolute atomic E-state index is 0.0771. The van der Waals surface area contributed by atoms with Crippen molar-refractivity contribution in [2.75, 3.05) is 13.6 Å². The molecule has 2 rings (SSSR count). The van der Waals surface area contributed by atoms with Crippen molar-refractivity contribution in [3.63, 3.8) is 0 Å². The van der Waals surface area contributed by atoms with Crippen LogP contribution in [0.15, 0.2) is 35.3 Å². The van der Waals surface area contributed by atoms with Crippen LogP contribution in [-0.4, -0.2) is 30.4 Å². The van der Waals surface area contributed by atoms with Crippen molar-refractivity contribution < 1.29 is 4.84 Å². The molecule has 0 saturated carbocycles. The van der Waals surface area contributed by atoms with E-state index in [-0.39, 0.29) is 6.17 Å². The zero-order valence-electron chi connectivity index (χ0n) is 10.6. The zero-order chi connectivity index (χ0) is 12.3. The first kappa shape index (κ1) is 12.1. The Kier molecular flexibility index (Phi) is 3.76. The third kappa shape index (κ3) is 3.05. The minimum Gasteiger partial charge on any atom is -0.390 e. The van der Waals surface area contributed by atoms with E-state index in [1.807, 2.05) is 30.3 Å². The van der Waals surface area contributed by atoms with E-state index in [9.17, 15) is 0 Å². The number of hydrogen-bond acceptors (Lipinski definition) is 4. The quantitative estimate of drug-likeness (QED) is 0.863. The normalized spacial score (nSPS) is 19.6. The van der Waals surface area contributed by atoms with E-state index in [2.05, 4.69) is 36.3 Å². The van der Waals surface area contributed by atoms with E-state index in [0.717, 1.165) is 18.0 Å². The van der Waals surface area contributed by atoms with Gasteiger partial charge in [-0.05, 0) is 26.5 Å². The Balaban J connectivity index is 2.00. The number of nitrogens with one attached hydrogen (secondary N) is 1. The monoisotopic (exact) mass is 233 g/mol. The number of benzene rings is 1. The Bertz CT molecular complexity index is 389. The summed E-state index contributed by atoms with van der Waals surface area (Å²) in [7, 11) is 2.06. The molecule has 0 amide bonds. The van der Waals surface area contributed by atoms with Gasteiger partial charge < -0.3 is 4.84 Å². The molecule has 1 heterocycles. The predicted molar refractivity (Wildman–Crippen MR) is 68.6 cm³/mol. The molecule has 1 unspecified atom stereocenters. The average Bonchev–Trinajstić information content (AvgIpc) is 2.78. The summed E-state index contributed by atoms with van der Waals surface area (Å²) in [6.07, 6.45) is -0.0771. The molecule has 0 fully saturated rings. The summed E-state index contributed by atoms with van der Waals surface area (Å²) in [6.45, 7) is 5.03. The van der Waals surface area contributed by atoms with Crippen LogP contribution in [0.1, 0.15) is 25.6 Å². The standard InChI is InChI=1S/C13H19N3O/c1-10(2)16(3)9-12-14-13(15-17-12)11-7-5-4-6-8-11/h4-8,10,13,15H,9H2,1-3H3. The van der Waals surface area contributed by atoms with Gasteiger partial charge in [-0.15, -0.1) is 5.48 Å². The fourth-order valence-corrected chi connectivity index (χ4v) is 1.57. The molecule has 1 aliphatic heterocycles. The summed E-state index contributed by atoms with van der Waals surface area (Å²) in [6, 6.07) is 10.6. The van der Waals surface area contributed by atoms with Crippen molar-refractivity contribution in [1.29, 1.82) is 0 Å². The van der Waals surface area contributed by atoms with Crippen molar-refractivity contribution in [1.82, 2.24) is 10.4 Å². The zero-order valence-corrected chi connectivity index (χ0v) is 10.6. The first-order chi connectivity index (χ1) is 8.16. The van der Waals surface area contributed by atoms with Gasteiger partial charge in [0.1, 0.15) is 0 Å². The lowest BCUT2D eigenvalue weighted by molar-refractivity contribution is 0.166. The highest BCUT2D eigenvalue weighted by Gasteiger charge is 2.21. The van der Waals surface area contributed by atoms with Crippen molar-refractivity contribution in [2.45, 2.75) is 26.1 Å². The summed E-state index contributed by atoms with van der Waals surface area (Å²) in [5.74, 6) is 0.745. The molecule has 0 aliphatic carbocycles. The fraction of sp³-hybridized carbons (Fsp3) is 0.462. The number of likely N-dealkylation sites (N-methyl/N-ethyl adjacent to an activating group) is 1. The lowest BCUT2D eigenvalue weighted by atomic mass is 10.2. The van der Waals surface area contributed by atoms with Gasteiger partial charge in [-0.3, -0.25) is 4.90 Å². The first-order valence-corrected chi connectivity index (χ1v) is 5.91. The lowest BCUT2D eigenvalue weighted by Gasteiger charge is -2.19. The van der Waals surface area contributed by atoms with Crippen molar-refractivity contribution in [3.8, 4) is 0 Å². The highest BCUT2D eigenvalue weighted by atomic mass is 16.7. The second kappa shape index (κ2) is 5.29. The maximum atomic E-state index is 5.40. The molecule has 1 atom stereocenters. The molecule has 0 spiro atoms. The molecule has 1 aliphatic rings. The van der Waals surface area contributed by atoms with E-state index >= 15 is 0 Å². The van der Waals surface area contributed by atoms with Gasteiger partial charge in [-0.1, -0.05) is 30.3 Å². The third-order valence-corrected chi connectivity index (χ3v) is 2.94. The van der Waals surface area contributed by atoms with Gasteiger partial charge in [0, 0.05) is 6.04 Å². The highest BCUT2D eigenvalue weighted by Crippen LogP contribution is 2.18. The largest absolute Gasteiger partial charge is 0.390 e. The van der Waals surface area contributed by atoms with Gasteiger partial charge in [-0.25, -0.2) is 4.99 Å². The van der Waals surface area contributed by atoms with Crippen LogP contribution in [0.2, 0.25) is 0 Å². The highest BCUT2D eigenvalue weighted by molar-refractivity contribution is 5.79. The van der Waals surface area contributed by atoms with E-state index in [4.69, 9.17) is 4.84 Å². The number of hydrogen-bond donors (Lipinski definition) is 1. The number of aliphatic imine (C=N–C) groups is 1. The maximum Gasteiger partial charge on any atom is 0.225 e. The van der Waals surface area contributed by atoms with E-state index in [0.29, 0.717) is 6.04 Å². The summed E-state index contributed by atoms with van der Waals surface area (Å²) in [5, 5.41) is 0. The Morgan fingerprint density at radius 1 is 1.35 bits per heavy atom. The van der Waals surface area contributed by atoms with Gasteiger partial charge in [0.05, 0.1) is 6.54 Å². The van der Waals surface area contributed by atoms with E-state index in [1.165, 1.54) is 0 Å². The molecule has 4 heteroatoms. The SMILES string of the molecule is CC(C)N(C)CC1=NC(c2ccccc2)NO1. The lowest BCUT2D eigenvalue weighted by Crippen LogP contribution is -2.32. The maximum absolute atomic E-state index is 5.40. The third-order valence-electron chi connectivity index (χ3n) is 2.94. The minimum atomic E-state index is -0.0771. The van der Waals surface area contributed by atoms with Crippen LogP contribution in [0.5, 0.6) is 0 Å². The van der Waals surface area contributed by atoms with Crippen LogP contribution < -0.4 is 5.48 Å². The van der Waals surface area contributed by atoms with E-state index in [1.54, 1.807) is 0 Å². The molecule has 4 nitrogen and oxygen atoms in total. The van der Waals surface area contributed by atoms with Gasteiger partial charge in [0.2, 0.25) is 5.90 Å². The summed E-state index contributed by atoms with van der Waals surface area (Å²) in [4.78, 5) is 12.1. The Hall–Kier alpha value is -1.39.